The number of benzene rings is 1. The van der Waals surface area contributed by atoms with Crippen molar-refractivity contribution in [3.05, 3.63) is 29.8 Å². The molecule has 0 atom stereocenters. The van der Waals surface area contributed by atoms with E-state index in [4.69, 9.17) is 5.11 Å². The Labute approximate surface area is 113 Å². The van der Waals surface area contributed by atoms with E-state index in [0.717, 1.165) is 17.7 Å². The molecule has 1 aromatic carbocycles. The van der Waals surface area contributed by atoms with Crippen LogP contribution in [0, 0.1) is 6.92 Å². The van der Waals surface area contributed by atoms with E-state index >= 15 is 0 Å². The van der Waals surface area contributed by atoms with Gasteiger partial charge in [0.25, 0.3) is 0 Å². The molecule has 0 unspecified atom stereocenters. The fourth-order valence-electron chi connectivity index (χ4n) is 1.35. The molecule has 0 aliphatic heterocycles. The van der Waals surface area contributed by atoms with Crippen LogP contribution in [0.15, 0.2) is 29.2 Å². The van der Waals surface area contributed by atoms with Gasteiger partial charge >= 0.3 is 0 Å². The average Bonchev–Trinajstić information content (AvgIpc) is 2.34. The van der Waals surface area contributed by atoms with Crippen LogP contribution in [-0.2, 0) is 10.0 Å². The molecule has 4 nitrogen and oxygen atoms in total. The SMILES string of the molecule is Cc1ccc(S(=O)(=O)NCCCSCCO)cc1. The molecule has 0 spiro atoms. The van der Waals surface area contributed by atoms with E-state index in [1.165, 1.54) is 0 Å². The van der Waals surface area contributed by atoms with Crippen LogP contribution in [0.5, 0.6) is 0 Å². The highest BCUT2D eigenvalue weighted by molar-refractivity contribution is 7.99. The van der Waals surface area contributed by atoms with Crippen LogP contribution < -0.4 is 4.72 Å². The van der Waals surface area contributed by atoms with Gasteiger partial charge in [-0.25, -0.2) is 13.1 Å². The number of aliphatic hydroxyl groups excluding tert-OH is 1. The molecule has 102 valence electrons. The zero-order chi connectivity index (χ0) is 13.4. The second-order valence-electron chi connectivity index (χ2n) is 3.90. The lowest BCUT2D eigenvalue weighted by atomic mass is 10.2. The molecule has 0 aromatic heterocycles. The first-order valence-electron chi connectivity index (χ1n) is 5.81. The van der Waals surface area contributed by atoms with Gasteiger partial charge in [0.2, 0.25) is 10.0 Å². The van der Waals surface area contributed by atoms with E-state index in [-0.39, 0.29) is 6.61 Å². The van der Waals surface area contributed by atoms with E-state index in [0.29, 0.717) is 17.2 Å². The summed E-state index contributed by atoms with van der Waals surface area (Å²) in [6, 6.07) is 6.79. The molecular formula is C12H19NO3S2. The quantitative estimate of drug-likeness (QED) is 0.710. The summed E-state index contributed by atoms with van der Waals surface area (Å²) in [5, 5.41) is 8.59. The number of aliphatic hydroxyl groups is 1. The second-order valence-corrected chi connectivity index (χ2v) is 6.89. The molecule has 0 fully saturated rings. The van der Waals surface area contributed by atoms with Crippen molar-refractivity contribution >= 4 is 21.8 Å². The smallest absolute Gasteiger partial charge is 0.240 e. The minimum atomic E-state index is -3.38. The van der Waals surface area contributed by atoms with E-state index in [1.807, 2.05) is 6.92 Å². The van der Waals surface area contributed by atoms with Crippen molar-refractivity contribution in [2.45, 2.75) is 18.2 Å². The zero-order valence-corrected chi connectivity index (χ0v) is 12.1. The fourth-order valence-corrected chi connectivity index (χ4v) is 3.10. The normalized spacial score (nSPS) is 11.7. The number of rotatable bonds is 8. The Morgan fingerprint density at radius 2 is 1.89 bits per heavy atom. The maximum absolute atomic E-state index is 11.9. The van der Waals surface area contributed by atoms with E-state index < -0.39 is 10.0 Å². The first-order valence-corrected chi connectivity index (χ1v) is 8.45. The zero-order valence-electron chi connectivity index (χ0n) is 10.4. The Balaban J connectivity index is 2.38. The van der Waals surface area contributed by atoms with Gasteiger partial charge in [0, 0.05) is 12.3 Å². The number of sulfonamides is 1. The summed E-state index contributed by atoms with van der Waals surface area (Å²) in [6.45, 7) is 2.51. The maximum atomic E-state index is 11.9. The van der Waals surface area contributed by atoms with Crippen molar-refractivity contribution in [1.82, 2.24) is 4.72 Å². The van der Waals surface area contributed by atoms with Crippen molar-refractivity contribution in [2.24, 2.45) is 0 Å². The third-order valence-electron chi connectivity index (χ3n) is 2.32. The predicted octanol–water partition coefficient (Wildman–Crippen LogP) is 1.39. The summed E-state index contributed by atoms with van der Waals surface area (Å²) in [4.78, 5) is 0.302. The van der Waals surface area contributed by atoms with Crippen LogP contribution in [0.2, 0.25) is 0 Å². The van der Waals surface area contributed by atoms with E-state index in [1.54, 1.807) is 36.0 Å². The third-order valence-corrected chi connectivity index (χ3v) is 4.85. The van der Waals surface area contributed by atoms with Gasteiger partial charge < -0.3 is 5.11 Å². The molecule has 0 aliphatic carbocycles. The predicted molar refractivity (Wildman–Crippen MR) is 75.4 cm³/mol. The van der Waals surface area contributed by atoms with Gasteiger partial charge in [-0.15, -0.1) is 0 Å². The molecule has 0 amide bonds. The first-order chi connectivity index (χ1) is 8.56. The number of hydrogen-bond donors (Lipinski definition) is 2. The molecule has 0 radical (unpaired) electrons. The van der Waals surface area contributed by atoms with Gasteiger partial charge in [0.05, 0.1) is 11.5 Å². The van der Waals surface area contributed by atoms with Crippen LogP contribution in [0.25, 0.3) is 0 Å². The fraction of sp³-hybridized carbons (Fsp3) is 0.500. The summed E-state index contributed by atoms with van der Waals surface area (Å²) in [5.74, 6) is 1.54. The van der Waals surface area contributed by atoms with Crippen LogP contribution in [0.3, 0.4) is 0 Å². The lowest BCUT2D eigenvalue weighted by molar-refractivity contribution is 0.322. The molecule has 2 N–H and O–H groups in total. The molecule has 0 saturated heterocycles. The minimum absolute atomic E-state index is 0.166. The first kappa shape index (κ1) is 15.5. The highest BCUT2D eigenvalue weighted by atomic mass is 32.2. The second kappa shape index (κ2) is 7.78. The monoisotopic (exact) mass is 289 g/mol. The number of hydrogen-bond acceptors (Lipinski definition) is 4. The van der Waals surface area contributed by atoms with Gasteiger partial charge in [-0.2, -0.15) is 11.8 Å². The van der Waals surface area contributed by atoms with Crippen LogP contribution in [0.1, 0.15) is 12.0 Å². The van der Waals surface area contributed by atoms with Crippen molar-refractivity contribution in [3.8, 4) is 0 Å². The van der Waals surface area contributed by atoms with Gasteiger partial charge in [-0.3, -0.25) is 0 Å². The number of thioether (sulfide) groups is 1. The van der Waals surface area contributed by atoms with E-state index in [9.17, 15) is 8.42 Å². The molecule has 0 saturated carbocycles. The summed E-state index contributed by atoms with van der Waals surface area (Å²) in [5.41, 5.74) is 1.04. The van der Waals surface area contributed by atoms with Crippen LogP contribution >= 0.6 is 11.8 Å². The Morgan fingerprint density at radius 3 is 2.50 bits per heavy atom. The Morgan fingerprint density at radius 1 is 1.22 bits per heavy atom. The molecule has 6 heteroatoms. The lowest BCUT2D eigenvalue weighted by Crippen LogP contribution is -2.25. The number of aryl methyl sites for hydroxylation is 1. The van der Waals surface area contributed by atoms with Gasteiger partial charge in [0.15, 0.2) is 0 Å². The number of nitrogens with one attached hydrogen (secondary N) is 1. The molecular weight excluding hydrogens is 270 g/mol. The maximum Gasteiger partial charge on any atom is 0.240 e. The lowest BCUT2D eigenvalue weighted by Gasteiger charge is -2.06. The van der Waals surface area contributed by atoms with Gasteiger partial charge in [-0.05, 0) is 31.2 Å². The van der Waals surface area contributed by atoms with Crippen molar-refractivity contribution in [1.29, 1.82) is 0 Å². The molecule has 18 heavy (non-hydrogen) atoms. The minimum Gasteiger partial charge on any atom is -0.396 e. The van der Waals surface area contributed by atoms with Gasteiger partial charge in [0.1, 0.15) is 0 Å². The summed E-state index contributed by atoms with van der Waals surface area (Å²) >= 11 is 1.62. The molecule has 0 aliphatic rings. The van der Waals surface area contributed by atoms with Crippen molar-refractivity contribution in [2.75, 3.05) is 24.7 Å². The Kier molecular flexibility index (Phi) is 6.70. The summed E-state index contributed by atoms with van der Waals surface area (Å²) < 4.78 is 26.3. The molecule has 0 heterocycles. The topological polar surface area (TPSA) is 66.4 Å². The van der Waals surface area contributed by atoms with E-state index in [2.05, 4.69) is 4.72 Å². The standard InChI is InChI=1S/C12H19NO3S2/c1-11-3-5-12(6-4-11)18(15,16)13-7-2-9-17-10-8-14/h3-6,13-14H,2,7-10H2,1H3. The van der Waals surface area contributed by atoms with Crippen molar-refractivity contribution < 1.29 is 13.5 Å². The average molecular weight is 289 g/mol. The van der Waals surface area contributed by atoms with Crippen molar-refractivity contribution in [3.63, 3.8) is 0 Å². The highest BCUT2D eigenvalue weighted by Crippen LogP contribution is 2.10. The third kappa shape index (κ3) is 5.39. The van der Waals surface area contributed by atoms with Crippen LogP contribution in [0.4, 0.5) is 0 Å². The molecule has 0 bridgehead atoms. The Bertz CT molecular complexity index is 443. The van der Waals surface area contributed by atoms with Gasteiger partial charge in [-0.1, -0.05) is 17.7 Å². The Hall–Kier alpha value is -0.560. The van der Waals surface area contributed by atoms with Crippen LogP contribution in [-0.4, -0.2) is 38.2 Å². The highest BCUT2D eigenvalue weighted by Gasteiger charge is 2.12. The molecule has 1 aromatic rings. The summed E-state index contributed by atoms with van der Waals surface area (Å²) in [6.07, 6.45) is 0.760. The molecule has 1 rings (SSSR count). The largest absolute Gasteiger partial charge is 0.396 e. The summed E-state index contributed by atoms with van der Waals surface area (Å²) in [7, 11) is -3.38.